The van der Waals surface area contributed by atoms with Gasteiger partial charge in [0.25, 0.3) is 5.69 Å². The van der Waals surface area contributed by atoms with Gasteiger partial charge in [-0.15, -0.1) is 0 Å². The minimum Gasteiger partial charge on any atom is -0.384 e. The van der Waals surface area contributed by atoms with Crippen LogP contribution in [0.25, 0.3) is 0 Å². The fraction of sp³-hybridized carbons (Fsp3) is 0.538. The van der Waals surface area contributed by atoms with Crippen molar-refractivity contribution < 1.29 is 4.92 Å². The Morgan fingerprint density at radius 2 is 2.06 bits per heavy atom. The third-order valence-electron chi connectivity index (χ3n) is 3.24. The van der Waals surface area contributed by atoms with E-state index >= 15 is 0 Å². The summed E-state index contributed by atoms with van der Waals surface area (Å²) in [4.78, 5) is 10.1. The standard InChI is InChI=1S/C13H19ClN2O2/c1-9(13(2,3)4)8-15-12-6-5-10(16(17)18)7-11(12)14/h5-7,9,15H,8H2,1-4H3. The fourth-order valence-corrected chi connectivity index (χ4v) is 1.57. The zero-order valence-corrected chi connectivity index (χ0v) is 11.9. The SMILES string of the molecule is CC(CNc1ccc([N+](=O)[O-])cc1Cl)C(C)(C)C. The van der Waals surface area contributed by atoms with E-state index in [4.69, 9.17) is 11.6 Å². The van der Waals surface area contributed by atoms with E-state index in [-0.39, 0.29) is 11.1 Å². The van der Waals surface area contributed by atoms with Crippen LogP contribution in [-0.2, 0) is 0 Å². The number of halogens is 1. The van der Waals surface area contributed by atoms with Crippen molar-refractivity contribution in [2.24, 2.45) is 11.3 Å². The summed E-state index contributed by atoms with van der Waals surface area (Å²) in [5, 5.41) is 14.2. The monoisotopic (exact) mass is 270 g/mol. The van der Waals surface area contributed by atoms with Crippen LogP contribution < -0.4 is 5.32 Å². The molecule has 5 heteroatoms. The molecule has 1 rings (SSSR count). The molecule has 0 heterocycles. The van der Waals surface area contributed by atoms with Gasteiger partial charge < -0.3 is 5.32 Å². The number of hydrogen-bond donors (Lipinski definition) is 1. The predicted molar refractivity (Wildman–Crippen MR) is 75.2 cm³/mol. The maximum Gasteiger partial charge on any atom is 0.271 e. The second kappa shape index (κ2) is 5.57. The van der Waals surface area contributed by atoms with Crippen LogP contribution in [0.1, 0.15) is 27.7 Å². The van der Waals surface area contributed by atoms with Crippen molar-refractivity contribution in [3.05, 3.63) is 33.3 Å². The Morgan fingerprint density at radius 1 is 1.44 bits per heavy atom. The molecular weight excluding hydrogens is 252 g/mol. The molecule has 1 unspecified atom stereocenters. The fourth-order valence-electron chi connectivity index (χ4n) is 1.33. The number of benzene rings is 1. The van der Waals surface area contributed by atoms with Gasteiger partial charge in [0.1, 0.15) is 0 Å². The summed E-state index contributed by atoms with van der Waals surface area (Å²) in [5.41, 5.74) is 0.952. The summed E-state index contributed by atoms with van der Waals surface area (Å²) in [6.07, 6.45) is 0. The van der Waals surface area contributed by atoms with Gasteiger partial charge >= 0.3 is 0 Å². The molecule has 0 aromatic heterocycles. The molecule has 0 bridgehead atoms. The normalized spacial score (nSPS) is 13.2. The van der Waals surface area contributed by atoms with E-state index in [2.05, 4.69) is 33.0 Å². The second-order valence-electron chi connectivity index (χ2n) is 5.57. The van der Waals surface area contributed by atoms with Crippen molar-refractivity contribution in [2.45, 2.75) is 27.7 Å². The van der Waals surface area contributed by atoms with Crippen LogP contribution in [0.4, 0.5) is 11.4 Å². The van der Waals surface area contributed by atoms with E-state index in [1.54, 1.807) is 6.07 Å². The third-order valence-corrected chi connectivity index (χ3v) is 3.55. The zero-order valence-electron chi connectivity index (χ0n) is 11.2. The Bertz CT molecular complexity index is 441. The lowest BCUT2D eigenvalue weighted by atomic mass is 9.82. The number of nitro benzene ring substituents is 1. The molecule has 100 valence electrons. The van der Waals surface area contributed by atoms with Crippen molar-refractivity contribution in [3.63, 3.8) is 0 Å². The lowest BCUT2D eigenvalue weighted by Gasteiger charge is -2.27. The van der Waals surface area contributed by atoms with Crippen LogP contribution in [0.3, 0.4) is 0 Å². The van der Waals surface area contributed by atoms with Crippen molar-refractivity contribution >= 4 is 23.0 Å². The first-order valence-corrected chi connectivity index (χ1v) is 6.27. The highest BCUT2D eigenvalue weighted by Gasteiger charge is 2.20. The average molecular weight is 271 g/mol. The summed E-state index contributed by atoms with van der Waals surface area (Å²) >= 11 is 6.00. The molecule has 1 atom stereocenters. The van der Waals surface area contributed by atoms with Gasteiger partial charge in [-0.1, -0.05) is 39.3 Å². The number of rotatable bonds is 4. The van der Waals surface area contributed by atoms with Gasteiger partial charge in [0.2, 0.25) is 0 Å². The summed E-state index contributed by atoms with van der Waals surface area (Å²) in [7, 11) is 0. The smallest absolute Gasteiger partial charge is 0.271 e. The Labute approximate surface area is 112 Å². The van der Waals surface area contributed by atoms with E-state index in [9.17, 15) is 10.1 Å². The topological polar surface area (TPSA) is 55.2 Å². The van der Waals surface area contributed by atoms with Gasteiger partial charge in [-0.3, -0.25) is 10.1 Å². The lowest BCUT2D eigenvalue weighted by Crippen LogP contribution is -2.24. The molecule has 1 aromatic rings. The molecule has 0 spiro atoms. The molecule has 4 nitrogen and oxygen atoms in total. The molecule has 0 saturated heterocycles. The van der Waals surface area contributed by atoms with E-state index in [0.29, 0.717) is 10.9 Å². The maximum absolute atomic E-state index is 10.6. The second-order valence-corrected chi connectivity index (χ2v) is 5.98. The zero-order chi connectivity index (χ0) is 13.9. The van der Waals surface area contributed by atoms with E-state index in [0.717, 1.165) is 12.2 Å². The van der Waals surface area contributed by atoms with Crippen molar-refractivity contribution in [3.8, 4) is 0 Å². The molecule has 1 aromatic carbocycles. The minimum atomic E-state index is -0.451. The Balaban J connectivity index is 2.72. The van der Waals surface area contributed by atoms with E-state index in [1.807, 2.05) is 0 Å². The summed E-state index contributed by atoms with van der Waals surface area (Å²) < 4.78 is 0. The van der Waals surface area contributed by atoms with Gasteiger partial charge in [0.15, 0.2) is 0 Å². The lowest BCUT2D eigenvalue weighted by molar-refractivity contribution is -0.384. The Kier molecular flexibility index (Phi) is 4.57. The predicted octanol–water partition coefficient (Wildman–Crippen LogP) is 4.34. The molecule has 0 aliphatic heterocycles. The molecule has 0 amide bonds. The highest BCUT2D eigenvalue weighted by atomic mass is 35.5. The van der Waals surface area contributed by atoms with Crippen LogP contribution in [0.2, 0.25) is 5.02 Å². The van der Waals surface area contributed by atoms with E-state index < -0.39 is 4.92 Å². The van der Waals surface area contributed by atoms with Crippen molar-refractivity contribution in [1.29, 1.82) is 0 Å². The number of nitro groups is 1. The molecule has 1 N–H and O–H groups in total. The first-order chi connectivity index (χ1) is 8.21. The highest BCUT2D eigenvalue weighted by Crippen LogP contribution is 2.29. The van der Waals surface area contributed by atoms with Crippen molar-refractivity contribution in [2.75, 3.05) is 11.9 Å². The number of anilines is 1. The minimum absolute atomic E-state index is 0.00872. The van der Waals surface area contributed by atoms with Crippen molar-refractivity contribution in [1.82, 2.24) is 0 Å². The Hall–Kier alpha value is -1.29. The summed E-state index contributed by atoms with van der Waals surface area (Å²) in [6.45, 7) is 9.47. The van der Waals surface area contributed by atoms with Gasteiger partial charge in [0.05, 0.1) is 15.6 Å². The number of hydrogen-bond acceptors (Lipinski definition) is 3. The molecule has 0 aliphatic rings. The van der Waals surface area contributed by atoms with Gasteiger partial charge in [-0.2, -0.15) is 0 Å². The first-order valence-electron chi connectivity index (χ1n) is 5.89. The maximum atomic E-state index is 10.6. The summed E-state index contributed by atoms with van der Waals surface area (Å²) in [6, 6.07) is 4.47. The number of non-ortho nitro benzene ring substituents is 1. The first kappa shape index (κ1) is 14.8. The van der Waals surface area contributed by atoms with Crippen LogP contribution in [0.15, 0.2) is 18.2 Å². The molecule has 0 radical (unpaired) electrons. The van der Waals surface area contributed by atoms with E-state index in [1.165, 1.54) is 12.1 Å². The number of nitrogens with one attached hydrogen (secondary N) is 1. The number of nitrogens with zero attached hydrogens (tertiary/aromatic N) is 1. The van der Waals surface area contributed by atoms with Gasteiger partial charge in [0, 0.05) is 18.7 Å². The third kappa shape index (κ3) is 3.88. The average Bonchev–Trinajstić information content (AvgIpc) is 2.25. The van der Waals surface area contributed by atoms with Gasteiger partial charge in [-0.25, -0.2) is 0 Å². The summed E-state index contributed by atoms with van der Waals surface area (Å²) in [5.74, 6) is 0.462. The molecule has 18 heavy (non-hydrogen) atoms. The quantitative estimate of drug-likeness (QED) is 0.654. The highest BCUT2D eigenvalue weighted by molar-refractivity contribution is 6.33. The molecule has 0 saturated carbocycles. The van der Waals surface area contributed by atoms with Crippen LogP contribution in [0.5, 0.6) is 0 Å². The molecule has 0 fully saturated rings. The van der Waals surface area contributed by atoms with Gasteiger partial charge in [-0.05, 0) is 17.4 Å². The molecule has 0 aliphatic carbocycles. The van der Waals surface area contributed by atoms with Crippen LogP contribution >= 0.6 is 11.6 Å². The van der Waals surface area contributed by atoms with Crippen LogP contribution in [0, 0.1) is 21.4 Å². The Morgan fingerprint density at radius 3 is 2.50 bits per heavy atom. The largest absolute Gasteiger partial charge is 0.384 e. The van der Waals surface area contributed by atoms with Crippen LogP contribution in [-0.4, -0.2) is 11.5 Å². The molecular formula is C13H19ClN2O2.